The van der Waals surface area contributed by atoms with Gasteiger partial charge < -0.3 is 15.8 Å². The number of amides is 1. The summed E-state index contributed by atoms with van der Waals surface area (Å²) < 4.78 is 0. The van der Waals surface area contributed by atoms with Crippen LogP contribution in [-0.4, -0.2) is 24.3 Å². The van der Waals surface area contributed by atoms with Gasteiger partial charge in [0, 0.05) is 12.5 Å². The molecule has 3 N–H and O–H groups in total. The highest BCUT2D eigenvalue weighted by Crippen LogP contribution is 1.90. The van der Waals surface area contributed by atoms with Crippen LogP contribution < -0.4 is 11.1 Å². The van der Waals surface area contributed by atoms with Crippen molar-refractivity contribution in [2.45, 2.75) is 38.8 Å². The van der Waals surface area contributed by atoms with Crippen molar-refractivity contribution in [3.8, 4) is 0 Å². The molecular formula is C8H16N2O2. The normalized spacial score (nSPS) is 14.9. The van der Waals surface area contributed by atoms with E-state index in [1.807, 2.05) is 13.8 Å². The van der Waals surface area contributed by atoms with Gasteiger partial charge in [-0.2, -0.15) is 0 Å². The maximum atomic E-state index is 11.1. The molecule has 0 radical (unpaired) electrons. The molecule has 0 fully saturated rings. The van der Waals surface area contributed by atoms with Gasteiger partial charge in [-0.05, 0) is 13.3 Å². The fourth-order valence-corrected chi connectivity index (χ4v) is 0.663. The highest BCUT2D eigenvalue weighted by atomic mass is 16.2. The average Bonchev–Trinajstić information content (AvgIpc) is 2.04. The van der Waals surface area contributed by atoms with Crippen molar-refractivity contribution >= 4 is 12.2 Å². The Morgan fingerprint density at radius 3 is 2.67 bits per heavy atom. The molecule has 0 saturated heterocycles. The first-order valence-electron chi connectivity index (χ1n) is 4.11. The topological polar surface area (TPSA) is 72.2 Å². The van der Waals surface area contributed by atoms with E-state index in [0.29, 0.717) is 6.29 Å². The van der Waals surface area contributed by atoms with Crippen LogP contribution in [0.15, 0.2) is 0 Å². The van der Waals surface area contributed by atoms with Crippen LogP contribution in [-0.2, 0) is 9.59 Å². The number of carbonyl (C=O) groups is 2. The number of hydrogen-bond donors (Lipinski definition) is 2. The number of nitrogens with one attached hydrogen (secondary N) is 1. The summed E-state index contributed by atoms with van der Waals surface area (Å²) in [5.41, 5.74) is 5.39. The lowest BCUT2D eigenvalue weighted by Gasteiger charge is -2.14. The first-order valence-corrected chi connectivity index (χ1v) is 4.11. The van der Waals surface area contributed by atoms with Gasteiger partial charge in [-0.3, -0.25) is 4.79 Å². The second-order valence-corrected chi connectivity index (χ2v) is 2.83. The van der Waals surface area contributed by atoms with Crippen molar-refractivity contribution in [1.82, 2.24) is 5.32 Å². The third-order valence-electron chi connectivity index (χ3n) is 1.69. The van der Waals surface area contributed by atoms with E-state index in [-0.39, 0.29) is 18.4 Å². The molecule has 0 aliphatic heterocycles. The molecule has 0 rings (SSSR count). The van der Waals surface area contributed by atoms with E-state index >= 15 is 0 Å². The van der Waals surface area contributed by atoms with E-state index in [4.69, 9.17) is 5.73 Å². The second-order valence-electron chi connectivity index (χ2n) is 2.83. The van der Waals surface area contributed by atoms with E-state index in [0.717, 1.165) is 6.42 Å². The molecule has 4 nitrogen and oxygen atoms in total. The quantitative estimate of drug-likeness (QED) is 0.565. The first-order chi connectivity index (χ1) is 5.61. The predicted molar refractivity (Wildman–Crippen MR) is 46.6 cm³/mol. The Morgan fingerprint density at radius 2 is 2.25 bits per heavy atom. The Balaban J connectivity index is 3.77. The largest absolute Gasteiger partial charge is 0.352 e. The summed E-state index contributed by atoms with van der Waals surface area (Å²) in [6.45, 7) is 3.86. The summed E-state index contributed by atoms with van der Waals surface area (Å²) in [6.07, 6.45) is 1.60. The molecule has 0 spiro atoms. The standard InChI is InChI=1S/C8H16N2O2/c1-3-6(2)10-8(12)7(9)4-5-11/h5-7H,3-4,9H2,1-2H3,(H,10,12). The molecular weight excluding hydrogens is 156 g/mol. The van der Waals surface area contributed by atoms with Gasteiger partial charge >= 0.3 is 0 Å². The Hall–Kier alpha value is -0.900. The maximum absolute atomic E-state index is 11.1. The summed E-state index contributed by atoms with van der Waals surface area (Å²) in [5.74, 6) is -0.253. The van der Waals surface area contributed by atoms with E-state index in [1.165, 1.54) is 0 Å². The molecule has 0 saturated carbocycles. The molecule has 2 atom stereocenters. The van der Waals surface area contributed by atoms with Crippen LogP contribution in [0.25, 0.3) is 0 Å². The van der Waals surface area contributed by atoms with Gasteiger partial charge in [0.2, 0.25) is 5.91 Å². The molecule has 0 aliphatic rings. The molecule has 0 heterocycles. The number of nitrogens with two attached hydrogens (primary N) is 1. The van der Waals surface area contributed by atoms with Crippen LogP contribution in [0.5, 0.6) is 0 Å². The van der Waals surface area contributed by atoms with Gasteiger partial charge in [-0.15, -0.1) is 0 Å². The van der Waals surface area contributed by atoms with E-state index in [2.05, 4.69) is 5.32 Å². The van der Waals surface area contributed by atoms with Crippen molar-refractivity contribution in [1.29, 1.82) is 0 Å². The third-order valence-corrected chi connectivity index (χ3v) is 1.69. The van der Waals surface area contributed by atoms with Gasteiger partial charge in [0.15, 0.2) is 0 Å². The van der Waals surface area contributed by atoms with Crippen molar-refractivity contribution in [3.05, 3.63) is 0 Å². The van der Waals surface area contributed by atoms with Crippen molar-refractivity contribution in [2.75, 3.05) is 0 Å². The number of rotatable bonds is 5. The zero-order chi connectivity index (χ0) is 9.56. The van der Waals surface area contributed by atoms with E-state index in [1.54, 1.807) is 0 Å². The minimum absolute atomic E-state index is 0.0856. The smallest absolute Gasteiger partial charge is 0.237 e. The number of hydrogen-bond acceptors (Lipinski definition) is 3. The fraction of sp³-hybridized carbons (Fsp3) is 0.750. The van der Waals surface area contributed by atoms with Gasteiger partial charge in [0.05, 0.1) is 6.04 Å². The molecule has 0 bridgehead atoms. The van der Waals surface area contributed by atoms with Gasteiger partial charge in [-0.25, -0.2) is 0 Å². The number of aldehydes is 1. The monoisotopic (exact) mass is 172 g/mol. The van der Waals surface area contributed by atoms with E-state index in [9.17, 15) is 9.59 Å². The number of carbonyl (C=O) groups excluding carboxylic acids is 2. The third kappa shape index (κ3) is 4.08. The van der Waals surface area contributed by atoms with Gasteiger partial charge in [-0.1, -0.05) is 6.92 Å². The zero-order valence-electron chi connectivity index (χ0n) is 7.54. The lowest BCUT2D eigenvalue weighted by molar-refractivity contribution is -0.124. The van der Waals surface area contributed by atoms with Crippen molar-refractivity contribution in [3.63, 3.8) is 0 Å². The Bertz CT molecular complexity index is 159. The van der Waals surface area contributed by atoms with Crippen molar-refractivity contribution < 1.29 is 9.59 Å². The first kappa shape index (κ1) is 11.1. The zero-order valence-corrected chi connectivity index (χ0v) is 7.54. The SMILES string of the molecule is CCC(C)NC(=O)C(N)CC=O. The second kappa shape index (κ2) is 5.71. The van der Waals surface area contributed by atoms with Crippen LogP contribution in [0.3, 0.4) is 0 Å². The molecule has 1 amide bonds. The minimum atomic E-state index is -0.698. The molecule has 0 aromatic rings. The van der Waals surface area contributed by atoms with Crippen LogP contribution in [0.1, 0.15) is 26.7 Å². The van der Waals surface area contributed by atoms with Crippen molar-refractivity contribution in [2.24, 2.45) is 5.73 Å². The maximum Gasteiger partial charge on any atom is 0.237 e. The lowest BCUT2D eigenvalue weighted by atomic mass is 10.2. The van der Waals surface area contributed by atoms with Crippen LogP contribution in [0.2, 0.25) is 0 Å². The minimum Gasteiger partial charge on any atom is -0.352 e. The predicted octanol–water partition coefficient (Wildman–Crippen LogP) is -0.183. The Morgan fingerprint density at radius 1 is 1.67 bits per heavy atom. The fourth-order valence-electron chi connectivity index (χ4n) is 0.663. The highest BCUT2D eigenvalue weighted by molar-refractivity contribution is 5.83. The van der Waals surface area contributed by atoms with Gasteiger partial charge in [0.25, 0.3) is 0 Å². The molecule has 2 unspecified atom stereocenters. The average molecular weight is 172 g/mol. The van der Waals surface area contributed by atoms with Crippen LogP contribution >= 0.6 is 0 Å². The summed E-state index contributed by atoms with van der Waals surface area (Å²) >= 11 is 0. The summed E-state index contributed by atoms with van der Waals surface area (Å²) in [5, 5.41) is 2.69. The molecule has 0 aromatic heterocycles. The van der Waals surface area contributed by atoms with Crippen LogP contribution in [0.4, 0.5) is 0 Å². The molecule has 70 valence electrons. The Kier molecular flexibility index (Phi) is 5.28. The Labute approximate surface area is 72.5 Å². The van der Waals surface area contributed by atoms with Gasteiger partial charge in [0.1, 0.15) is 6.29 Å². The molecule has 12 heavy (non-hydrogen) atoms. The summed E-state index contributed by atoms with van der Waals surface area (Å²) in [4.78, 5) is 21.1. The molecule has 4 heteroatoms. The molecule has 0 aliphatic carbocycles. The highest BCUT2D eigenvalue weighted by Gasteiger charge is 2.13. The molecule has 0 aromatic carbocycles. The summed E-state index contributed by atoms with van der Waals surface area (Å²) in [7, 11) is 0. The van der Waals surface area contributed by atoms with E-state index < -0.39 is 6.04 Å². The summed E-state index contributed by atoms with van der Waals surface area (Å²) in [6, 6.07) is -0.577. The van der Waals surface area contributed by atoms with Crippen LogP contribution in [0, 0.1) is 0 Å². The lowest BCUT2D eigenvalue weighted by Crippen LogP contribution is -2.44.